The fourth-order valence-corrected chi connectivity index (χ4v) is 7.82. The maximum atomic E-state index is 11.9. The third-order valence-electron chi connectivity index (χ3n) is 7.84. The van der Waals surface area contributed by atoms with Gasteiger partial charge in [0.1, 0.15) is 0 Å². The number of rotatable bonds is 1. The maximum Gasteiger partial charge on any atom is 0.219 e. The van der Waals surface area contributed by atoms with Gasteiger partial charge in [0.05, 0.1) is 0 Å². The first-order chi connectivity index (χ1) is 10.9. The molecule has 3 heteroatoms. The van der Waals surface area contributed by atoms with E-state index in [1.165, 1.54) is 37.7 Å². The molecule has 0 aromatic heterocycles. The fourth-order valence-electron chi connectivity index (χ4n) is 6.62. The van der Waals surface area contributed by atoms with E-state index in [4.69, 9.17) is 0 Å². The second-order valence-corrected chi connectivity index (χ2v) is 9.65. The van der Waals surface area contributed by atoms with Gasteiger partial charge in [0.15, 0.2) is 5.76 Å². The van der Waals surface area contributed by atoms with Gasteiger partial charge in [-0.3, -0.25) is 4.79 Å². The number of fused-ring (bicyclic) bond motifs is 5. The Morgan fingerprint density at radius 3 is 2.70 bits per heavy atom. The predicted molar refractivity (Wildman–Crippen MR) is 95.5 cm³/mol. The first-order valence-corrected chi connectivity index (χ1v) is 10.4. The standard InChI is InChI=1S/C20H28O2S/c1-19-9-8-15-13(14(19)6-7-18(19)23-3)5-4-12-10-16(21)17(22)11-20(12,15)2/h10-11,13-15,18,22H,4-9H2,1-3H3/t13-,14-,15-,18-,19-,20-/m0/s1. The minimum absolute atomic E-state index is 0.0290. The van der Waals surface area contributed by atoms with Crippen LogP contribution in [0.1, 0.15) is 52.4 Å². The van der Waals surface area contributed by atoms with Crippen molar-refractivity contribution in [1.29, 1.82) is 0 Å². The number of hydrogen-bond acceptors (Lipinski definition) is 3. The summed E-state index contributed by atoms with van der Waals surface area (Å²) in [5, 5.41) is 10.9. The number of carbonyl (C=O) groups excluding carboxylic acids is 1. The van der Waals surface area contributed by atoms with E-state index in [-0.39, 0.29) is 17.0 Å². The molecule has 0 aromatic rings. The first kappa shape index (κ1) is 15.8. The lowest BCUT2D eigenvalue weighted by Crippen LogP contribution is -2.50. The van der Waals surface area contributed by atoms with Gasteiger partial charge < -0.3 is 5.11 Å². The monoisotopic (exact) mass is 332 g/mol. The highest BCUT2D eigenvalue weighted by Gasteiger charge is 2.58. The number of hydrogen-bond donors (Lipinski definition) is 1. The normalized spacial score (nSPS) is 48.9. The van der Waals surface area contributed by atoms with Crippen molar-refractivity contribution >= 4 is 17.5 Å². The largest absolute Gasteiger partial charge is 0.504 e. The van der Waals surface area contributed by atoms with Crippen molar-refractivity contribution in [1.82, 2.24) is 0 Å². The Kier molecular flexibility index (Phi) is 3.54. The zero-order valence-electron chi connectivity index (χ0n) is 14.5. The van der Waals surface area contributed by atoms with E-state index in [9.17, 15) is 9.90 Å². The third-order valence-corrected chi connectivity index (χ3v) is 9.18. The van der Waals surface area contributed by atoms with Crippen LogP contribution in [0.4, 0.5) is 0 Å². The highest BCUT2D eigenvalue weighted by atomic mass is 32.2. The van der Waals surface area contributed by atoms with Crippen LogP contribution >= 0.6 is 11.8 Å². The first-order valence-electron chi connectivity index (χ1n) is 9.10. The summed E-state index contributed by atoms with van der Waals surface area (Å²) in [4.78, 5) is 11.9. The van der Waals surface area contributed by atoms with E-state index >= 15 is 0 Å². The SMILES string of the molecule is CS[C@H]1CC[C@H]2[C@@H]3CCC4=CC(=O)C(O)=C[C@]4(C)[C@H]3CC[C@]12C. The zero-order chi connectivity index (χ0) is 16.4. The quantitative estimate of drug-likeness (QED) is 0.741. The number of thioether (sulfide) groups is 1. The third kappa shape index (κ3) is 2.04. The Morgan fingerprint density at radius 1 is 1.17 bits per heavy atom. The van der Waals surface area contributed by atoms with E-state index in [0.29, 0.717) is 11.3 Å². The number of carbonyl (C=O) groups is 1. The smallest absolute Gasteiger partial charge is 0.219 e. The number of aliphatic hydroxyl groups is 1. The topological polar surface area (TPSA) is 37.3 Å². The molecule has 0 aliphatic heterocycles. The van der Waals surface area contributed by atoms with Crippen molar-refractivity contribution in [2.45, 2.75) is 57.6 Å². The zero-order valence-corrected chi connectivity index (χ0v) is 15.3. The fraction of sp³-hybridized carbons (Fsp3) is 0.750. The molecule has 0 unspecified atom stereocenters. The molecule has 4 aliphatic rings. The van der Waals surface area contributed by atoms with Crippen molar-refractivity contribution < 1.29 is 9.90 Å². The maximum absolute atomic E-state index is 11.9. The minimum atomic E-state index is -0.195. The van der Waals surface area contributed by atoms with Crippen LogP contribution in [0.2, 0.25) is 0 Å². The van der Waals surface area contributed by atoms with E-state index in [0.717, 1.165) is 23.5 Å². The Balaban J connectivity index is 1.70. The number of allylic oxidation sites excluding steroid dienone is 3. The summed E-state index contributed by atoms with van der Waals surface area (Å²) in [6, 6.07) is 0. The van der Waals surface area contributed by atoms with Crippen LogP contribution in [-0.2, 0) is 4.79 Å². The summed E-state index contributed by atoms with van der Waals surface area (Å²) in [7, 11) is 0. The lowest BCUT2D eigenvalue weighted by atomic mass is 9.48. The van der Waals surface area contributed by atoms with Crippen molar-refractivity contribution in [2.75, 3.05) is 6.26 Å². The lowest BCUT2D eigenvalue weighted by molar-refractivity contribution is -0.114. The Bertz CT molecular complexity index is 607. The second kappa shape index (κ2) is 5.15. The van der Waals surface area contributed by atoms with Crippen LogP contribution in [0.5, 0.6) is 0 Å². The minimum Gasteiger partial charge on any atom is -0.504 e. The van der Waals surface area contributed by atoms with Crippen molar-refractivity contribution in [3.63, 3.8) is 0 Å². The summed E-state index contributed by atoms with van der Waals surface area (Å²) in [5.41, 5.74) is 1.67. The van der Waals surface area contributed by atoms with Gasteiger partial charge in [-0.05, 0) is 80.1 Å². The summed E-state index contributed by atoms with van der Waals surface area (Å²) < 4.78 is 0. The molecular formula is C20H28O2S. The van der Waals surface area contributed by atoms with Gasteiger partial charge in [-0.1, -0.05) is 19.4 Å². The van der Waals surface area contributed by atoms with Gasteiger partial charge in [-0.25, -0.2) is 0 Å². The molecular weight excluding hydrogens is 304 g/mol. The molecule has 1 N–H and O–H groups in total. The van der Waals surface area contributed by atoms with Gasteiger partial charge >= 0.3 is 0 Å². The Labute approximate surface area is 143 Å². The van der Waals surface area contributed by atoms with Crippen LogP contribution < -0.4 is 0 Å². The van der Waals surface area contributed by atoms with E-state index in [2.05, 4.69) is 31.9 Å². The Morgan fingerprint density at radius 2 is 1.96 bits per heavy atom. The molecule has 4 rings (SSSR count). The van der Waals surface area contributed by atoms with Gasteiger partial charge in [-0.15, -0.1) is 0 Å². The molecule has 3 fully saturated rings. The molecule has 0 radical (unpaired) electrons. The molecule has 0 spiro atoms. The summed E-state index contributed by atoms with van der Waals surface area (Å²) >= 11 is 2.07. The molecule has 0 amide bonds. The molecule has 3 saturated carbocycles. The van der Waals surface area contributed by atoms with Crippen molar-refractivity contribution in [2.24, 2.45) is 28.6 Å². The molecule has 126 valence electrons. The molecule has 4 aliphatic carbocycles. The number of ketones is 1. The molecule has 6 atom stereocenters. The highest BCUT2D eigenvalue weighted by Crippen LogP contribution is 2.66. The van der Waals surface area contributed by atoms with E-state index < -0.39 is 0 Å². The molecule has 0 heterocycles. The van der Waals surface area contributed by atoms with Gasteiger partial charge in [-0.2, -0.15) is 11.8 Å². The molecule has 0 aromatic carbocycles. The summed E-state index contributed by atoms with van der Waals surface area (Å²) in [6.45, 7) is 4.80. The molecule has 2 nitrogen and oxygen atoms in total. The summed E-state index contributed by atoms with van der Waals surface area (Å²) in [5.74, 6) is 1.95. The van der Waals surface area contributed by atoms with E-state index in [1.54, 1.807) is 6.08 Å². The molecule has 0 saturated heterocycles. The van der Waals surface area contributed by atoms with Gasteiger partial charge in [0, 0.05) is 10.7 Å². The van der Waals surface area contributed by atoms with Crippen LogP contribution in [0.15, 0.2) is 23.5 Å². The van der Waals surface area contributed by atoms with Crippen molar-refractivity contribution in [3.8, 4) is 0 Å². The Hall–Kier alpha value is -0.700. The average molecular weight is 333 g/mol. The predicted octanol–water partition coefficient (Wildman–Crippen LogP) is 4.91. The number of aliphatic hydroxyl groups excluding tert-OH is 1. The van der Waals surface area contributed by atoms with E-state index in [1.807, 2.05) is 6.08 Å². The lowest BCUT2D eigenvalue weighted by Gasteiger charge is -2.57. The average Bonchev–Trinajstić information content (AvgIpc) is 2.85. The van der Waals surface area contributed by atoms with Crippen LogP contribution in [-0.4, -0.2) is 22.4 Å². The van der Waals surface area contributed by atoms with Crippen LogP contribution in [0, 0.1) is 28.6 Å². The van der Waals surface area contributed by atoms with Crippen LogP contribution in [0.3, 0.4) is 0 Å². The van der Waals surface area contributed by atoms with Crippen LogP contribution in [0.25, 0.3) is 0 Å². The molecule has 23 heavy (non-hydrogen) atoms. The van der Waals surface area contributed by atoms with Gasteiger partial charge in [0.2, 0.25) is 5.78 Å². The summed E-state index contributed by atoms with van der Waals surface area (Å²) in [6.07, 6.45) is 13.4. The van der Waals surface area contributed by atoms with Gasteiger partial charge in [0.25, 0.3) is 0 Å². The van der Waals surface area contributed by atoms with Crippen molar-refractivity contribution in [3.05, 3.63) is 23.5 Å². The molecule has 0 bridgehead atoms. The highest BCUT2D eigenvalue weighted by molar-refractivity contribution is 7.99. The second-order valence-electron chi connectivity index (χ2n) is 8.61.